The molecule has 0 rings (SSSR count). The minimum atomic E-state index is -0.534. The molecular weight excluding hydrogens is 252 g/mol. The molecule has 0 unspecified atom stereocenters. The van der Waals surface area contributed by atoms with Gasteiger partial charge in [0.05, 0.1) is 6.61 Å². The molecule has 4 nitrogen and oxygen atoms in total. The molecule has 0 saturated carbocycles. The number of unbranched alkanes of at least 4 members (excludes halogenated alkanes) is 3. The molecule has 0 N–H and O–H groups in total. The average molecular weight is 278 g/mol. The van der Waals surface area contributed by atoms with Crippen LogP contribution in [0.2, 0.25) is 0 Å². The molecule has 4 heteroatoms. The van der Waals surface area contributed by atoms with E-state index in [1.54, 1.807) is 6.08 Å². The monoisotopic (exact) mass is 278 g/mol. The van der Waals surface area contributed by atoms with Gasteiger partial charge in [-0.25, -0.2) is 4.79 Å². The van der Waals surface area contributed by atoms with Crippen molar-refractivity contribution >= 4 is 5.97 Å². The maximum absolute atomic E-state index is 11.7. The van der Waals surface area contributed by atoms with Gasteiger partial charge >= 0.3 is 5.97 Å². The third kappa shape index (κ3) is 8.36. The van der Waals surface area contributed by atoms with E-state index in [-0.39, 0.29) is 5.57 Å². The molecule has 0 spiro atoms. The van der Waals surface area contributed by atoms with Crippen molar-refractivity contribution in [3.63, 3.8) is 0 Å². The Morgan fingerprint density at radius 3 is 2.45 bits per heavy atom. The molecule has 0 amide bonds. The van der Waals surface area contributed by atoms with Gasteiger partial charge < -0.3 is 9.64 Å². The first-order valence-corrected chi connectivity index (χ1v) is 7.39. The summed E-state index contributed by atoms with van der Waals surface area (Å²) in [4.78, 5) is 13.7. The van der Waals surface area contributed by atoms with E-state index in [0.717, 1.165) is 38.8 Å². The van der Waals surface area contributed by atoms with Crippen LogP contribution >= 0.6 is 0 Å². The lowest BCUT2D eigenvalue weighted by molar-refractivity contribution is -0.138. The number of nitriles is 1. The van der Waals surface area contributed by atoms with Crippen molar-refractivity contribution in [1.82, 2.24) is 4.90 Å². The van der Waals surface area contributed by atoms with E-state index in [1.807, 2.05) is 26.1 Å². The molecule has 0 fully saturated rings. The van der Waals surface area contributed by atoms with E-state index in [1.165, 1.54) is 6.08 Å². The van der Waals surface area contributed by atoms with Crippen molar-refractivity contribution in [2.75, 3.05) is 19.7 Å². The minimum absolute atomic E-state index is 0.0453. The lowest BCUT2D eigenvalue weighted by atomic mass is 10.2. The molecule has 0 aromatic rings. The van der Waals surface area contributed by atoms with Crippen molar-refractivity contribution in [3.8, 4) is 6.07 Å². The topological polar surface area (TPSA) is 53.3 Å². The summed E-state index contributed by atoms with van der Waals surface area (Å²) in [5.41, 5.74) is 0.0453. The van der Waals surface area contributed by atoms with Crippen LogP contribution in [0.3, 0.4) is 0 Å². The zero-order chi connectivity index (χ0) is 15.2. The normalized spacial score (nSPS) is 11.4. The highest BCUT2D eigenvalue weighted by molar-refractivity contribution is 5.93. The Balaban J connectivity index is 4.23. The summed E-state index contributed by atoms with van der Waals surface area (Å²) >= 11 is 0. The van der Waals surface area contributed by atoms with E-state index in [4.69, 9.17) is 10.00 Å². The quantitative estimate of drug-likeness (QED) is 0.202. The fourth-order valence-electron chi connectivity index (χ4n) is 1.62. The molecule has 0 saturated heterocycles. The van der Waals surface area contributed by atoms with Gasteiger partial charge in [0.2, 0.25) is 0 Å². The van der Waals surface area contributed by atoms with Gasteiger partial charge in [-0.15, -0.1) is 0 Å². The maximum atomic E-state index is 11.7. The smallest absolute Gasteiger partial charge is 0.348 e. The molecule has 0 aromatic carbocycles. The predicted octanol–water partition coefficient (Wildman–Crippen LogP) is 3.42. The van der Waals surface area contributed by atoms with Crippen LogP contribution in [-0.4, -0.2) is 30.6 Å². The fraction of sp³-hybridized carbons (Fsp3) is 0.625. The Bertz CT molecular complexity index is 363. The Morgan fingerprint density at radius 2 is 1.90 bits per heavy atom. The number of carbonyl (C=O) groups is 1. The lowest BCUT2D eigenvalue weighted by Gasteiger charge is -2.13. The summed E-state index contributed by atoms with van der Waals surface area (Å²) in [7, 11) is 0. The summed E-state index contributed by atoms with van der Waals surface area (Å²) in [6, 6.07) is 1.88. The Morgan fingerprint density at radius 1 is 1.20 bits per heavy atom. The van der Waals surface area contributed by atoms with Crippen molar-refractivity contribution in [1.29, 1.82) is 5.26 Å². The van der Waals surface area contributed by atoms with Gasteiger partial charge in [0.15, 0.2) is 0 Å². The van der Waals surface area contributed by atoms with E-state index in [0.29, 0.717) is 6.61 Å². The summed E-state index contributed by atoms with van der Waals surface area (Å²) in [5, 5.41) is 8.95. The SMILES string of the molecule is CCCCCCOC(=O)C(C#N)=CC=CN(CC)CC. The summed E-state index contributed by atoms with van der Waals surface area (Å²) in [6.45, 7) is 8.40. The van der Waals surface area contributed by atoms with Crippen LogP contribution in [0, 0.1) is 11.3 Å². The molecule has 0 aliphatic rings. The molecule has 0 aromatic heterocycles. The first-order valence-electron chi connectivity index (χ1n) is 7.39. The Labute approximate surface area is 122 Å². The van der Waals surface area contributed by atoms with Crippen LogP contribution in [0.15, 0.2) is 23.9 Å². The Kier molecular flexibility index (Phi) is 11.2. The summed E-state index contributed by atoms with van der Waals surface area (Å²) in [6.07, 6.45) is 9.28. The van der Waals surface area contributed by atoms with Gasteiger partial charge in [0.1, 0.15) is 11.6 Å². The number of hydrogen-bond acceptors (Lipinski definition) is 4. The summed E-state index contributed by atoms with van der Waals surface area (Å²) in [5.74, 6) is -0.534. The van der Waals surface area contributed by atoms with Crippen LogP contribution in [-0.2, 0) is 9.53 Å². The fourth-order valence-corrected chi connectivity index (χ4v) is 1.62. The van der Waals surface area contributed by atoms with Crippen LogP contribution < -0.4 is 0 Å². The van der Waals surface area contributed by atoms with Gasteiger partial charge in [-0.2, -0.15) is 5.26 Å². The molecule has 0 bridgehead atoms. The average Bonchev–Trinajstić information content (AvgIpc) is 2.47. The number of esters is 1. The second kappa shape index (κ2) is 12.3. The van der Waals surface area contributed by atoms with Crippen molar-refractivity contribution < 1.29 is 9.53 Å². The van der Waals surface area contributed by atoms with E-state index in [2.05, 4.69) is 11.8 Å². The first-order chi connectivity index (χ1) is 9.69. The lowest BCUT2D eigenvalue weighted by Crippen LogP contribution is -2.15. The second-order valence-electron chi connectivity index (χ2n) is 4.45. The molecule has 0 radical (unpaired) electrons. The predicted molar refractivity (Wildman–Crippen MR) is 80.9 cm³/mol. The molecule has 0 aliphatic heterocycles. The van der Waals surface area contributed by atoms with Crippen LogP contribution in [0.4, 0.5) is 0 Å². The standard InChI is InChI=1S/C16H26N2O2/c1-4-7-8-9-13-20-16(19)15(14-17)11-10-12-18(5-2)6-3/h10-12H,4-9,13H2,1-3H3. The molecular formula is C16H26N2O2. The van der Waals surface area contributed by atoms with Gasteiger partial charge in [0.25, 0.3) is 0 Å². The number of allylic oxidation sites excluding steroid dienone is 2. The second-order valence-corrected chi connectivity index (χ2v) is 4.45. The van der Waals surface area contributed by atoms with Crippen LogP contribution in [0.1, 0.15) is 46.5 Å². The molecule has 0 atom stereocenters. The highest BCUT2D eigenvalue weighted by Gasteiger charge is 2.08. The van der Waals surface area contributed by atoms with Crippen molar-refractivity contribution in [2.45, 2.75) is 46.5 Å². The van der Waals surface area contributed by atoms with Crippen molar-refractivity contribution in [2.24, 2.45) is 0 Å². The third-order valence-corrected chi connectivity index (χ3v) is 2.94. The third-order valence-electron chi connectivity index (χ3n) is 2.94. The molecule has 0 aliphatic carbocycles. The van der Waals surface area contributed by atoms with Gasteiger partial charge in [-0.1, -0.05) is 26.2 Å². The molecule has 112 valence electrons. The Hall–Kier alpha value is -1.76. The number of ether oxygens (including phenoxy) is 1. The van der Waals surface area contributed by atoms with Gasteiger partial charge in [-0.3, -0.25) is 0 Å². The highest BCUT2D eigenvalue weighted by atomic mass is 16.5. The first kappa shape index (κ1) is 18.2. The number of hydrogen-bond donors (Lipinski definition) is 0. The van der Waals surface area contributed by atoms with Gasteiger partial charge in [-0.05, 0) is 38.6 Å². The summed E-state index contributed by atoms with van der Waals surface area (Å²) < 4.78 is 5.07. The minimum Gasteiger partial charge on any atom is -0.462 e. The number of nitrogens with zero attached hydrogens (tertiary/aromatic N) is 2. The number of rotatable bonds is 10. The van der Waals surface area contributed by atoms with E-state index in [9.17, 15) is 4.79 Å². The zero-order valence-corrected chi connectivity index (χ0v) is 12.9. The van der Waals surface area contributed by atoms with Crippen molar-refractivity contribution in [3.05, 3.63) is 23.9 Å². The molecule has 20 heavy (non-hydrogen) atoms. The maximum Gasteiger partial charge on any atom is 0.348 e. The van der Waals surface area contributed by atoms with Gasteiger partial charge in [0, 0.05) is 13.1 Å². The number of carbonyl (C=O) groups excluding carboxylic acids is 1. The van der Waals surface area contributed by atoms with E-state index < -0.39 is 5.97 Å². The van der Waals surface area contributed by atoms with Crippen LogP contribution in [0.5, 0.6) is 0 Å². The zero-order valence-electron chi connectivity index (χ0n) is 12.9. The highest BCUT2D eigenvalue weighted by Crippen LogP contribution is 2.02. The largest absolute Gasteiger partial charge is 0.462 e. The van der Waals surface area contributed by atoms with E-state index >= 15 is 0 Å². The van der Waals surface area contributed by atoms with Crippen LogP contribution in [0.25, 0.3) is 0 Å². The molecule has 0 heterocycles.